The number of amides is 3. The zero-order chi connectivity index (χ0) is 16.9. The van der Waals surface area contributed by atoms with Crippen LogP contribution in [0.3, 0.4) is 0 Å². The molecule has 0 atom stereocenters. The molecule has 0 spiro atoms. The maximum atomic E-state index is 12.3. The van der Waals surface area contributed by atoms with E-state index in [0.717, 1.165) is 5.69 Å². The highest BCUT2D eigenvalue weighted by molar-refractivity contribution is 5.91. The Bertz CT molecular complexity index is 706. The van der Waals surface area contributed by atoms with Gasteiger partial charge in [0.2, 0.25) is 0 Å². The Balaban J connectivity index is 1.47. The lowest BCUT2D eigenvalue weighted by Crippen LogP contribution is -2.53. The molecule has 1 saturated heterocycles. The fourth-order valence-corrected chi connectivity index (χ4v) is 2.60. The molecule has 24 heavy (non-hydrogen) atoms. The van der Waals surface area contributed by atoms with E-state index in [1.54, 1.807) is 35.1 Å². The van der Waals surface area contributed by atoms with Crippen LogP contribution in [0, 0.1) is 6.92 Å². The molecule has 0 aliphatic carbocycles. The number of hydrogen-bond acceptors (Lipinski definition) is 4. The Hall–Kier alpha value is -2.83. The number of nitrogens with one attached hydrogen (secondary N) is 1. The van der Waals surface area contributed by atoms with Crippen LogP contribution in [0.4, 0.5) is 4.79 Å². The smallest absolute Gasteiger partial charge is 0.317 e. The molecule has 3 heterocycles. The molecule has 0 saturated carbocycles. The number of aromatic nitrogens is 1. The van der Waals surface area contributed by atoms with Crippen LogP contribution in [-0.2, 0) is 6.54 Å². The molecule has 3 amide bonds. The summed E-state index contributed by atoms with van der Waals surface area (Å²) in [4.78, 5) is 32.1. The number of rotatable bonds is 3. The van der Waals surface area contributed by atoms with E-state index in [9.17, 15) is 9.59 Å². The number of hydrogen-bond donors (Lipinski definition) is 1. The van der Waals surface area contributed by atoms with E-state index in [2.05, 4.69) is 10.3 Å². The summed E-state index contributed by atoms with van der Waals surface area (Å²) in [5, 5.41) is 2.85. The number of nitrogens with zero attached hydrogens (tertiary/aromatic N) is 3. The number of piperazine rings is 1. The number of furan rings is 1. The molecular weight excluding hydrogens is 308 g/mol. The predicted octanol–water partition coefficient (Wildman–Crippen LogP) is 1.65. The first kappa shape index (κ1) is 16.0. The van der Waals surface area contributed by atoms with Gasteiger partial charge in [0.05, 0.1) is 12.2 Å². The summed E-state index contributed by atoms with van der Waals surface area (Å²) in [5.41, 5.74) is 0.813. The molecule has 0 aromatic carbocycles. The Morgan fingerprint density at radius 1 is 1.12 bits per heavy atom. The molecule has 7 nitrogen and oxygen atoms in total. The number of carbonyl (C=O) groups is 2. The molecule has 1 fully saturated rings. The number of aryl methyl sites for hydroxylation is 1. The van der Waals surface area contributed by atoms with Crippen molar-refractivity contribution in [1.82, 2.24) is 20.1 Å². The van der Waals surface area contributed by atoms with Gasteiger partial charge in [0.15, 0.2) is 5.76 Å². The molecule has 0 radical (unpaired) electrons. The summed E-state index contributed by atoms with van der Waals surface area (Å²) in [5.74, 6) is 0.933. The molecule has 0 bridgehead atoms. The van der Waals surface area contributed by atoms with Crippen LogP contribution in [0.2, 0.25) is 0 Å². The van der Waals surface area contributed by atoms with Gasteiger partial charge >= 0.3 is 6.03 Å². The minimum atomic E-state index is -0.137. The highest BCUT2D eigenvalue weighted by atomic mass is 16.3. The quantitative estimate of drug-likeness (QED) is 0.929. The van der Waals surface area contributed by atoms with Gasteiger partial charge in [0, 0.05) is 32.4 Å². The highest BCUT2D eigenvalue weighted by Gasteiger charge is 2.26. The first-order valence-electron chi connectivity index (χ1n) is 7.92. The van der Waals surface area contributed by atoms with Gasteiger partial charge in [-0.15, -0.1) is 0 Å². The third kappa shape index (κ3) is 3.73. The van der Waals surface area contributed by atoms with E-state index in [1.807, 2.05) is 18.2 Å². The summed E-state index contributed by atoms with van der Waals surface area (Å²) >= 11 is 0. The Labute approximate surface area is 140 Å². The van der Waals surface area contributed by atoms with E-state index < -0.39 is 0 Å². The van der Waals surface area contributed by atoms with Crippen LogP contribution in [0.1, 0.15) is 22.0 Å². The zero-order valence-electron chi connectivity index (χ0n) is 13.6. The van der Waals surface area contributed by atoms with E-state index in [4.69, 9.17) is 4.42 Å². The largest absolute Gasteiger partial charge is 0.456 e. The average molecular weight is 328 g/mol. The Morgan fingerprint density at radius 2 is 1.88 bits per heavy atom. The number of carbonyl (C=O) groups excluding carboxylic acids is 2. The SMILES string of the molecule is Cc1ccc(C(=O)N2CCN(C(=O)NCc3ccccn3)CC2)o1. The zero-order valence-corrected chi connectivity index (χ0v) is 13.6. The van der Waals surface area contributed by atoms with E-state index in [0.29, 0.717) is 44.2 Å². The van der Waals surface area contributed by atoms with E-state index in [-0.39, 0.29) is 11.9 Å². The first-order valence-corrected chi connectivity index (χ1v) is 7.92. The molecule has 7 heteroatoms. The molecule has 2 aromatic heterocycles. The van der Waals surface area contributed by atoms with Gasteiger partial charge in [-0.2, -0.15) is 0 Å². The molecular formula is C17H20N4O3. The van der Waals surface area contributed by atoms with Crippen LogP contribution in [0.5, 0.6) is 0 Å². The van der Waals surface area contributed by atoms with Gasteiger partial charge in [-0.1, -0.05) is 6.07 Å². The molecule has 126 valence electrons. The van der Waals surface area contributed by atoms with Gasteiger partial charge in [-0.25, -0.2) is 4.79 Å². The summed E-state index contributed by atoms with van der Waals surface area (Å²) in [6.07, 6.45) is 1.70. The predicted molar refractivity (Wildman–Crippen MR) is 87.4 cm³/mol. The van der Waals surface area contributed by atoms with Crippen LogP contribution in [-0.4, -0.2) is 52.9 Å². The van der Waals surface area contributed by atoms with Crippen molar-refractivity contribution >= 4 is 11.9 Å². The fourth-order valence-electron chi connectivity index (χ4n) is 2.60. The summed E-state index contributed by atoms with van der Waals surface area (Å²) in [6.45, 7) is 4.19. The van der Waals surface area contributed by atoms with E-state index >= 15 is 0 Å². The summed E-state index contributed by atoms with van der Waals surface area (Å²) in [7, 11) is 0. The molecule has 2 aromatic rings. The minimum Gasteiger partial charge on any atom is -0.456 e. The normalized spacial score (nSPS) is 14.5. The molecule has 1 N–H and O–H groups in total. The third-order valence-corrected chi connectivity index (χ3v) is 3.95. The van der Waals surface area contributed by atoms with Gasteiger partial charge in [0.25, 0.3) is 5.91 Å². The minimum absolute atomic E-state index is 0.128. The maximum Gasteiger partial charge on any atom is 0.317 e. The van der Waals surface area contributed by atoms with Crippen LogP contribution in [0.25, 0.3) is 0 Å². The van der Waals surface area contributed by atoms with Crippen molar-refractivity contribution in [1.29, 1.82) is 0 Å². The van der Waals surface area contributed by atoms with Gasteiger partial charge in [-0.05, 0) is 31.2 Å². The van der Waals surface area contributed by atoms with Crippen LogP contribution < -0.4 is 5.32 Å². The first-order chi connectivity index (χ1) is 11.6. The topological polar surface area (TPSA) is 78.7 Å². The standard InChI is InChI=1S/C17H20N4O3/c1-13-5-6-15(24-13)16(22)20-8-10-21(11-9-20)17(23)19-12-14-4-2-3-7-18-14/h2-7H,8-12H2,1H3,(H,19,23). The number of urea groups is 1. The van der Waals surface area contributed by atoms with Crippen molar-refractivity contribution in [3.63, 3.8) is 0 Å². The monoisotopic (exact) mass is 328 g/mol. The van der Waals surface area contributed by atoms with Crippen molar-refractivity contribution < 1.29 is 14.0 Å². The summed E-state index contributed by atoms with van der Waals surface area (Å²) < 4.78 is 5.37. The van der Waals surface area contributed by atoms with Gasteiger partial charge in [0.1, 0.15) is 5.76 Å². The third-order valence-electron chi connectivity index (χ3n) is 3.95. The number of pyridine rings is 1. The fraction of sp³-hybridized carbons (Fsp3) is 0.353. The lowest BCUT2D eigenvalue weighted by Gasteiger charge is -2.34. The van der Waals surface area contributed by atoms with Gasteiger partial charge < -0.3 is 19.5 Å². The summed E-state index contributed by atoms with van der Waals surface area (Å²) in [6, 6.07) is 8.90. The van der Waals surface area contributed by atoms with Crippen molar-refractivity contribution in [3.05, 3.63) is 53.7 Å². The molecule has 0 unspecified atom stereocenters. The lowest BCUT2D eigenvalue weighted by atomic mass is 10.3. The Morgan fingerprint density at radius 3 is 2.50 bits per heavy atom. The van der Waals surface area contributed by atoms with E-state index in [1.165, 1.54) is 0 Å². The van der Waals surface area contributed by atoms with Crippen molar-refractivity contribution in [2.75, 3.05) is 26.2 Å². The Kier molecular flexibility index (Phi) is 4.79. The second kappa shape index (κ2) is 7.16. The lowest BCUT2D eigenvalue weighted by molar-refractivity contribution is 0.0632. The van der Waals surface area contributed by atoms with Crippen molar-refractivity contribution in [2.45, 2.75) is 13.5 Å². The van der Waals surface area contributed by atoms with Crippen LogP contribution in [0.15, 0.2) is 40.9 Å². The second-order valence-corrected chi connectivity index (χ2v) is 5.67. The van der Waals surface area contributed by atoms with Crippen molar-refractivity contribution in [2.24, 2.45) is 0 Å². The molecule has 3 rings (SSSR count). The van der Waals surface area contributed by atoms with Crippen molar-refractivity contribution in [3.8, 4) is 0 Å². The maximum absolute atomic E-state index is 12.3. The molecule has 1 aliphatic heterocycles. The highest BCUT2D eigenvalue weighted by Crippen LogP contribution is 2.12. The molecule has 1 aliphatic rings. The second-order valence-electron chi connectivity index (χ2n) is 5.67. The van der Waals surface area contributed by atoms with Crippen LogP contribution >= 0.6 is 0 Å². The van der Waals surface area contributed by atoms with Gasteiger partial charge in [-0.3, -0.25) is 9.78 Å². The average Bonchev–Trinajstić information content (AvgIpc) is 3.06.